The monoisotopic (exact) mass is 276 g/mol. The van der Waals surface area contributed by atoms with Crippen molar-refractivity contribution < 1.29 is 9.72 Å². The summed E-state index contributed by atoms with van der Waals surface area (Å²) in [7, 11) is 0. The summed E-state index contributed by atoms with van der Waals surface area (Å²) >= 11 is 0. The van der Waals surface area contributed by atoms with Gasteiger partial charge in [0.15, 0.2) is 5.82 Å². The fraction of sp³-hybridized carbons (Fsp3) is 0.364. The average molecular weight is 276 g/mol. The number of imidazole rings is 1. The average Bonchev–Trinajstić information content (AvgIpc) is 3.12. The van der Waals surface area contributed by atoms with E-state index in [1.165, 1.54) is 0 Å². The van der Waals surface area contributed by atoms with Crippen LogP contribution < -0.4 is 10.6 Å². The van der Waals surface area contributed by atoms with Crippen LogP contribution in [-0.2, 0) is 4.79 Å². The first-order valence-corrected chi connectivity index (χ1v) is 6.16. The number of nitrogens with zero attached hydrogens (tertiary/aromatic N) is 4. The molecule has 104 valence electrons. The summed E-state index contributed by atoms with van der Waals surface area (Å²) < 4.78 is 1.13. The summed E-state index contributed by atoms with van der Waals surface area (Å²) in [4.78, 5) is 25.6. The zero-order chi connectivity index (χ0) is 14.1. The minimum atomic E-state index is -0.559. The Kier molecular flexibility index (Phi) is 2.93. The van der Waals surface area contributed by atoms with Crippen molar-refractivity contribution >= 4 is 23.2 Å². The van der Waals surface area contributed by atoms with Gasteiger partial charge in [0.25, 0.3) is 0 Å². The van der Waals surface area contributed by atoms with Crippen molar-refractivity contribution in [3.05, 3.63) is 28.4 Å². The molecule has 0 saturated heterocycles. The lowest BCUT2D eigenvalue weighted by atomic mass is 10.5. The number of amides is 1. The van der Waals surface area contributed by atoms with Crippen molar-refractivity contribution in [2.45, 2.75) is 18.9 Å². The standard InChI is InChI=1S/C11H12N6O3/c18-10(14-7-1-2-7)5-12-8-3-4-9-13-6-11(17(19)20)16(9)15-8/h3-4,6-7H,1-2,5H2,(H,12,15)(H,14,18). The van der Waals surface area contributed by atoms with Gasteiger partial charge in [-0.15, -0.1) is 0 Å². The van der Waals surface area contributed by atoms with Crippen LogP contribution in [0.25, 0.3) is 5.65 Å². The maximum absolute atomic E-state index is 11.5. The minimum Gasteiger partial charge on any atom is -0.358 e. The van der Waals surface area contributed by atoms with E-state index in [0.717, 1.165) is 23.6 Å². The predicted octanol–water partition coefficient (Wildman–Crippen LogP) is 0.328. The predicted molar refractivity (Wildman–Crippen MR) is 69.3 cm³/mol. The molecule has 0 atom stereocenters. The van der Waals surface area contributed by atoms with Gasteiger partial charge in [-0.1, -0.05) is 9.61 Å². The summed E-state index contributed by atoms with van der Waals surface area (Å²) in [5, 5.41) is 20.5. The van der Waals surface area contributed by atoms with E-state index in [2.05, 4.69) is 20.7 Å². The molecule has 1 aliphatic carbocycles. The molecule has 9 nitrogen and oxygen atoms in total. The second kappa shape index (κ2) is 4.76. The van der Waals surface area contributed by atoms with Gasteiger partial charge in [0, 0.05) is 12.1 Å². The van der Waals surface area contributed by atoms with Crippen LogP contribution >= 0.6 is 0 Å². The van der Waals surface area contributed by atoms with E-state index in [9.17, 15) is 14.9 Å². The number of nitro groups is 1. The van der Waals surface area contributed by atoms with E-state index in [1.54, 1.807) is 12.1 Å². The molecule has 0 radical (unpaired) electrons. The molecule has 9 heteroatoms. The fourth-order valence-corrected chi connectivity index (χ4v) is 1.76. The number of fused-ring (bicyclic) bond motifs is 1. The molecule has 20 heavy (non-hydrogen) atoms. The number of rotatable bonds is 5. The Balaban J connectivity index is 1.72. The van der Waals surface area contributed by atoms with Crippen LogP contribution in [0.5, 0.6) is 0 Å². The Bertz CT molecular complexity index is 678. The van der Waals surface area contributed by atoms with Crippen LogP contribution in [0.2, 0.25) is 0 Å². The van der Waals surface area contributed by atoms with E-state index < -0.39 is 4.92 Å². The second-order valence-corrected chi connectivity index (χ2v) is 4.56. The van der Waals surface area contributed by atoms with Gasteiger partial charge in [0.2, 0.25) is 11.6 Å². The molecule has 0 bridgehead atoms. The number of hydrogen-bond acceptors (Lipinski definition) is 6. The third-order valence-corrected chi connectivity index (χ3v) is 2.90. The third-order valence-electron chi connectivity index (χ3n) is 2.90. The number of hydrogen-bond donors (Lipinski definition) is 2. The first-order valence-electron chi connectivity index (χ1n) is 6.16. The molecular formula is C11H12N6O3. The Labute approximate surface area is 113 Å². The molecule has 0 unspecified atom stereocenters. The number of aromatic nitrogens is 3. The van der Waals surface area contributed by atoms with Gasteiger partial charge in [-0.25, -0.2) is 4.98 Å². The van der Waals surface area contributed by atoms with E-state index in [1.807, 2.05) is 0 Å². The molecule has 2 heterocycles. The van der Waals surface area contributed by atoms with Gasteiger partial charge in [-0.3, -0.25) is 4.79 Å². The Morgan fingerprint density at radius 3 is 3.00 bits per heavy atom. The molecule has 2 aromatic rings. The lowest BCUT2D eigenvalue weighted by molar-refractivity contribution is -0.391. The highest BCUT2D eigenvalue weighted by molar-refractivity contribution is 5.80. The molecule has 1 fully saturated rings. The molecule has 1 amide bonds. The minimum absolute atomic E-state index is 0.0809. The van der Waals surface area contributed by atoms with Gasteiger partial charge in [0.1, 0.15) is 6.20 Å². The van der Waals surface area contributed by atoms with E-state index in [-0.39, 0.29) is 18.3 Å². The van der Waals surface area contributed by atoms with E-state index in [0.29, 0.717) is 17.5 Å². The highest BCUT2D eigenvalue weighted by Crippen LogP contribution is 2.18. The van der Waals surface area contributed by atoms with Crippen molar-refractivity contribution in [3.8, 4) is 0 Å². The molecule has 0 aromatic carbocycles. The molecule has 0 aliphatic heterocycles. The van der Waals surface area contributed by atoms with Crippen LogP contribution in [0.3, 0.4) is 0 Å². The Morgan fingerprint density at radius 2 is 2.30 bits per heavy atom. The normalized spacial score (nSPS) is 14.2. The Morgan fingerprint density at radius 1 is 1.50 bits per heavy atom. The molecule has 2 N–H and O–H groups in total. The third kappa shape index (κ3) is 2.51. The summed E-state index contributed by atoms with van der Waals surface area (Å²) in [5.41, 5.74) is 0.379. The number of carbonyl (C=O) groups excluding carboxylic acids is 1. The second-order valence-electron chi connectivity index (χ2n) is 4.56. The largest absolute Gasteiger partial charge is 0.368 e. The molecule has 1 saturated carbocycles. The smallest absolute Gasteiger partial charge is 0.358 e. The van der Waals surface area contributed by atoms with E-state index in [4.69, 9.17) is 0 Å². The molecule has 0 spiro atoms. The first kappa shape index (κ1) is 12.3. The lowest BCUT2D eigenvalue weighted by Crippen LogP contribution is -2.31. The highest BCUT2D eigenvalue weighted by Gasteiger charge is 2.23. The Hall–Kier alpha value is -2.71. The molecular weight excluding hydrogens is 264 g/mol. The van der Waals surface area contributed by atoms with Crippen molar-refractivity contribution in [1.82, 2.24) is 19.9 Å². The van der Waals surface area contributed by atoms with Gasteiger partial charge in [0.05, 0.1) is 6.54 Å². The van der Waals surface area contributed by atoms with Gasteiger partial charge in [-0.05, 0) is 23.8 Å². The number of anilines is 1. The van der Waals surface area contributed by atoms with E-state index >= 15 is 0 Å². The zero-order valence-corrected chi connectivity index (χ0v) is 10.4. The SMILES string of the molecule is O=C(CNc1ccc2ncc([N+](=O)[O-])n2n1)NC1CC1. The lowest BCUT2D eigenvalue weighted by Gasteiger charge is -2.05. The molecule has 1 aliphatic rings. The maximum atomic E-state index is 11.5. The van der Waals surface area contributed by atoms with Crippen LogP contribution in [0.1, 0.15) is 12.8 Å². The zero-order valence-electron chi connectivity index (χ0n) is 10.4. The molecule has 2 aromatic heterocycles. The first-order chi connectivity index (χ1) is 9.63. The van der Waals surface area contributed by atoms with Gasteiger partial charge >= 0.3 is 5.82 Å². The summed E-state index contributed by atoms with van der Waals surface area (Å²) in [6.07, 6.45) is 3.19. The summed E-state index contributed by atoms with van der Waals surface area (Å²) in [6, 6.07) is 3.52. The van der Waals surface area contributed by atoms with Crippen LogP contribution in [-0.4, -0.2) is 38.0 Å². The number of carbonyl (C=O) groups is 1. The van der Waals surface area contributed by atoms with Crippen LogP contribution in [0.4, 0.5) is 11.6 Å². The van der Waals surface area contributed by atoms with Crippen LogP contribution in [0, 0.1) is 10.1 Å². The van der Waals surface area contributed by atoms with Gasteiger partial charge in [-0.2, -0.15) is 0 Å². The maximum Gasteiger partial charge on any atom is 0.368 e. The number of nitrogens with one attached hydrogen (secondary N) is 2. The fourth-order valence-electron chi connectivity index (χ4n) is 1.76. The summed E-state index contributed by atoms with van der Waals surface area (Å²) in [6.45, 7) is 0.0809. The topological polar surface area (TPSA) is 114 Å². The van der Waals surface area contributed by atoms with Gasteiger partial charge < -0.3 is 20.7 Å². The van der Waals surface area contributed by atoms with Crippen molar-refractivity contribution in [3.63, 3.8) is 0 Å². The van der Waals surface area contributed by atoms with Crippen molar-refractivity contribution in [2.24, 2.45) is 0 Å². The summed E-state index contributed by atoms with van der Waals surface area (Å²) in [5.74, 6) is 0.0464. The van der Waals surface area contributed by atoms with Crippen molar-refractivity contribution in [2.75, 3.05) is 11.9 Å². The quantitative estimate of drug-likeness (QED) is 0.600. The van der Waals surface area contributed by atoms with Crippen molar-refractivity contribution in [1.29, 1.82) is 0 Å². The highest BCUT2D eigenvalue weighted by atomic mass is 16.6. The van der Waals surface area contributed by atoms with Crippen LogP contribution in [0.15, 0.2) is 18.3 Å². The molecule has 3 rings (SSSR count).